The van der Waals surface area contributed by atoms with E-state index in [-0.39, 0.29) is 17.4 Å². The van der Waals surface area contributed by atoms with Crippen molar-refractivity contribution >= 4 is 85.3 Å². The van der Waals surface area contributed by atoms with E-state index in [0.29, 0.717) is 82.4 Å². The van der Waals surface area contributed by atoms with Crippen molar-refractivity contribution in [3.63, 3.8) is 0 Å². The van der Waals surface area contributed by atoms with Crippen LogP contribution in [0.15, 0.2) is 41.3 Å². The topological polar surface area (TPSA) is 81.7 Å². The Morgan fingerprint density at radius 1 is 1.21 bits per heavy atom. The molecule has 2 aliphatic rings. The van der Waals surface area contributed by atoms with E-state index < -0.39 is 26.1 Å². The van der Waals surface area contributed by atoms with Crippen molar-refractivity contribution in [1.29, 1.82) is 0 Å². The van der Waals surface area contributed by atoms with Crippen LogP contribution in [0.2, 0.25) is 5.02 Å². The second kappa shape index (κ2) is 9.57. The molecule has 0 bridgehead atoms. The minimum atomic E-state index is -3.78. The number of sulfone groups is 1. The molecule has 33 heavy (non-hydrogen) atoms. The molecule has 10 heteroatoms. The van der Waals surface area contributed by atoms with Gasteiger partial charge in [-0.25, -0.2) is 0 Å². The van der Waals surface area contributed by atoms with Gasteiger partial charge in [0.2, 0.25) is 0 Å². The first-order chi connectivity index (χ1) is 15.6. The van der Waals surface area contributed by atoms with Gasteiger partial charge in [0, 0.05) is 0 Å². The fourth-order valence-corrected chi connectivity index (χ4v) is 11.6. The number of alkyl carbamates (subject to hydrolysis) is 1. The molecular formula is C23H24ClNO5STl2. The quantitative estimate of drug-likeness (QED) is 0.478. The first kappa shape index (κ1) is 25.7. The Kier molecular flexibility index (Phi) is 7.45. The van der Waals surface area contributed by atoms with E-state index in [1.165, 1.54) is 7.05 Å². The molecule has 6 nitrogen and oxygen atoms in total. The number of amides is 1. The zero-order valence-corrected chi connectivity index (χ0v) is 29.1. The molecule has 1 fully saturated rings. The monoisotopic (exact) mass is 871 g/mol. The fraction of sp³-hybridized carbons (Fsp3) is 0.435. The predicted octanol–water partition coefficient (Wildman–Crippen LogP) is 2.15. The number of fused-ring (bicyclic) bond motifs is 3. The Morgan fingerprint density at radius 3 is 2.55 bits per heavy atom. The molecule has 0 radical (unpaired) electrons. The van der Waals surface area contributed by atoms with Crippen molar-refractivity contribution in [2.75, 3.05) is 20.3 Å². The molecule has 170 valence electrons. The summed E-state index contributed by atoms with van der Waals surface area (Å²) in [6.07, 6.45) is 1.23. The molecule has 1 N–H and O–H groups in total. The summed E-state index contributed by atoms with van der Waals surface area (Å²) in [6.45, 7) is 2.61. The SMILES string of the molecule is CNC(=O)OC[C@H]1CC[C@]2(S(=O)(=O)c3ccc(Cl)cc3)c3[c]([Tl])cc[c]([Tl])c3OC[C@]2(C)C1. The Hall–Kier alpha value is -0.406. The Morgan fingerprint density at radius 2 is 1.88 bits per heavy atom. The van der Waals surface area contributed by atoms with Crippen LogP contribution in [0.1, 0.15) is 31.7 Å². The van der Waals surface area contributed by atoms with Gasteiger partial charge >= 0.3 is 233 Å². The van der Waals surface area contributed by atoms with Crippen molar-refractivity contribution in [3.05, 3.63) is 47.0 Å². The molecule has 2 aromatic carbocycles. The molecule has 1 aliphatic carbocycles. The van der Waals surface area contributed by atoms with Crippen molar-refractivity contribution in [2.24, 2.45) is 11.3 Å². The number of ether oxygens (including phenoxy) is 2. The van der Waals surface area contributed by atoms with Crippen LogP contribution in [-0.2, 0) is 19.3 Å². The Labute approximate surface area is 231 Å². The van der Waals surface area contributed by atoms with Crippen LogP contribution in [-0.4, -0.2) is 86.3 Å². The van der Waals surface area contributed by atoms with Crippen LogP contribution in [0, 0.1) is 11.3 Å². The number of halogens is 1. The zero-order chi connectivity index (χ0) is 24.0. The van der Waals surface area contributed by atoms with Gasteiger partial charge in [-0.05, 0) is 0 Å². The van der Waals surface area contributed by atoms with Gasteiger partial charge in [-0.2, -0.15) is 0 Å². The van der Waals surface area contributed by atoms with Crippen LogP contribution in [0.25, 0.3) is 0 Å². The molecule has 0 spiro atoms. The molecule has 1 aliphatic heterocycles. The third-order valence-corrected chi connectivity index (χ3v) is 13.6. The molecule has 1 amide bonds. The summed E-state index contributed by atoms with van der Waals surface area (Å²) in [5, 5.41) is 2.98. The number of hydrogen-bond acceptors (Lipinski definition) is 5. The number of benzene rings is 2. The Bertz CT molecular complexity index is 1190. The van der Waals surface area contributed by atoms with Gasteiger partial charge in [0.15, 0.2) is 0 Å². The molecular weight excluding hydrogens is 847 g/mol. The van der Waals surface area contributed by atoms with Crippen LogP contribution >= 0.6 is 11.6 Å². The molecule has 3 atom stereocenters. The number of hydrogen-bond donors (Lipinski definition) is 1. The molecule has 0 saturated heterocycles. The normalized spacial score (nSPS) is 26.4. The minimum absolute atomic E-state index is 0.0621. The van der Waals surface area contributed by atoms with Gasteiger partial charge < -0.3 is 0 Å². The van der Waals surface area contributed by atoms with Crippen molar-refractivity contribution < 1.29 is 22.7 Å². The average molecular weight is 871 g/mol. The Balaban J connectivity index is 1.89. The van der Waals surface area contributed by atoms with E-state index in [2.05, 4.69) is 17.4 Å². The molecule has 4 rings (SSSR count). The van der Waals surface area contributed by atoms with Crippen LogP contribution in [0.3, 0.4) is 0 Å². The standard InChI is InChI=1S/C23H24ClNO5S.2Tl/c1-22-13-16(14-29-21(26)25-2)11-12-23(22,19-5-3-4-6-20(19)30-15-22)31(27,28)18-9-7-17(24)8-10-18;;/h3-4,7-10,16H,11-15H2,1-2H3,(H,25,26);;/t16-,22-,23-;;/m0../s1. The predicted molar refractivity (Wildman–Crippen MR) is 129 cm³/mol. The zero-order valence-electron chi connectivity index (χ0n) is 18.6. The van der Waals surface area contributed by atoms with Gasteiger partial charge in [0.25, 0.3) is 0 Å². The third kappa shape index (κ3) is 4.26. The van der Waals surface area contributed by atoms with Gasteiger partial charge in [0.05, 0.1) is 0 Å². The summed E-state index contributed by atoms with van der Waals surface area (Å²) in [4.78, 5) is 11.9. The summed E-state index contributed by atoms with van der Waals surface area (Å²) < 4.78 is 41.9. The van der Waals surface area contributed by atoms with Gasteiger partial charge in [-0.3, -0.25) is 0 Å². The van der Waals surface area contributed by atoms with Gasteiger partial charge in [-0.15, -0.1) is 0 Å². The van der Waals surface area contributed by atoms with Crippen LogP contribution in [0.5, 0.6) is 5.75 Å². The number of rotatable bonds is 4. The van der Waals surface area contributed by atoms with E-state index in [0.717, 1.165) is 17.6 Å². The maximum absolute atomic E-state index is 14.5. The summed E-state index contributed by atoms with van der Waals surface area (Å²) in [6, 6.07) is 10.7. The second-order valence-electron chi connectivity index (χ2n) is 9.04. The van der Waals surface area contributed by atoms with E-state index in [1.807, 2.05) is 6.92 Å². The first-order valence-electron chi connectivity index (χ1n) is 10.7. The van der Waals surface area contributed by atoms with E-state index in [9.17, 15) is 13.2 Å². The van der Waals surface area contributed by atoms with E-state index in [4.69, 9.17) is 21.1 Å². The van der Waals surface area contributed by atoms with Crippen molar-refractivity contribution in [1.82, 2.24) is 5.32 Å². The van der Waals surface area contributed by atoms with Gasteiger partial charge in [0.1, 0.15) is 0 Å². The van der Waals surface area contributed by atoms with E-state index >= 15 is 0 Å². The first-order valence-corrected chi connectivity index (χ1v) is 17.1. The summed E-state index contributed by atoms with van der Waals surface area (Å²) in [5.74, 6) is 0.849. The van der Waals surface area contributed by atoms with Crippen LogP contribution < -0.4 is 16.3 Å². The van der Waals surface area contributed by atoms with E-state index in [1.54, 1.807) is 24.3 Å². The molecule has 0 aromatic heterocycles. The third-order valence-electron chi connectivity index (χ3n) is 7.02. The number of nitrogens with one attached hydrogen (secondary N) is 1. The fourth-order valence-electron chi connectivity index (χ4n) is 5.45. The number of carbonyl (C=O) groups is 1. The molecule has 0 unspecified atom stereocenters. The van der Waals surface area contributed by atoms with Crippen LogP contribution in [0.4, 0.5) is 4.79 Å². The van der Waals surface area contributed by atoms with Crippen molar-refractivity contribution in [2.45, 2.75) is 35.8 Å². The number of carbonyl (C=O) groups excluding carboxylic acids is 1. The molecule has 1 saturated carbocycles. The summed E-state index contributed by atoms with van der Waals surface area (Å²) >= 11 is 7.08. The average Bonchev–Trinajstić information content (AvgIpc) is 2.79. The summed E-state index contributed by atoms with van der Waals surface area (Å²) in [5.41, 5.74) is 0.206. The van der Waals surface area contributed by atoms with Gasteiger partial charge in [-0.1, -0.05) is 0 Å². The maximum atomic E-state index is 14.5. The second-order valence-corrected chi connectivity index (χ2v) is 16.5. The molecule has 2 aromatic rings. The summed E-state index contributed by atoms with van der Waals surface area (Å²) in [7, 11) is -2.26. The molecule has 1 heterocycles. The van der Waals surface area contributed by atoms with Crippen molar-refractivity contribution in [3.8, 4) is 5.75 Å².